The van der Waals surface area contributed by atoms with Gasteiger partial charge in [-0.15, -0.1) is 0 Å². The highest BCUT2D eigenvalue weighted by Gasteiger charge is 2.30. The van der Waals surface area contributed by atoms with Gasteiger partial charge in [-0.25, -0.2) is 0 Å². The number of rotatable bonds is 3. The molecule has 2 amide bonds. The van der Waals surface area contributed by atoms with E-state index in [4.69, 9.17) is 0 Å². The SMILES string of the molecule is CC(=O)Nc1cc(C(=O)Nc2cccc(C(F)(F)F)c2)ccc1C. The molecule has 0 heterocycles. The van der Waals surface area contributed by atoms with Gasteiger partial charge in [-0.2, -0.15) is 13.2 Å². The zero-order chi connectivity index (χ0) is 17.9. The lowest BCUT2D eigenvalue weighted by Gasteiger charge is -2.11. The number of hydrogen-bond donors (Lipinski definition) is 2. The van der Waals surface area contributed by atoms with Crippen LogP contribution in [-0.4, -0.2) is 11.8 Å². The molecule has 0 unspecified atom stereocenters. The first-order valence-electron chi connectivity index (χ1n) is 7.03. The van der Waals surface area contributed by atoms with Crippen LogP contribution in [0.2, 0.25) is 0 Å². The molecule has 0 radical (unpaired) electrons. The Hall–Kier alpha value is -2.83. The number of halogens is 3. The smallest absolute Gasteiger partial charge is 0.326 e. The first-order valence-corrected chi connectivity index (χ1v) is 7.03. The second-order valence-corrected chi connectivity index (χ2v) is 5.24. The third-order valence-corrected chi connectivity index (χ3v) is 3.26. The number of aryl methyl sites for hydroxylation is 1. The maximum absolute atomic E-state index is 12.7. The van der Waals surface area contributed by atoms with Crippen molar-refractivity contribution >= 4 is 23.2 Å². The highest BCUT2D eigenvalue weighted by Crippen LogP contribution is 2.30. The molecule has 2 N–H and O–H groups in total. The summed E-state index contributed by atoms with van der Waals surface area (Å²) >= 11 is 0. The van der Waals surface area contributed by atoms with Crippen LogP contribution in [0.4, 0.5) is 24.5 Å². The van der Waals surface area contributed by atoms with Crippen molar-refractivity contribution in [3.05, 3.63) is 59.2 Å². The van der Waals surface area contributed by atoms with Crippen molar-refractivity contribution in [1.82, 2.24) is 0 Å². The highest BCUT2D eigenvalue weighted by molar-refractivity contribution is 6.05. The summed E-state index contributed by atoms with van der Waals surface area (Å²) in [5, 5.41) is 5.01. The molecule has 126 valence electrons. The second-order valence-electron chi connectivity index (χ2n) is 5.24. The molecular weight excluding hydrogens is 321 g/mol. The molecule has 0 aliphatic heterocycles. The Kier molecular flexibility index (Phi) is 4.92. The van der Waals surface area contributed by atoms with Crippen LogP contribution < -0.4 is 10.6 Å². The number of nitrogens with one attached hydrogen (secondary N) is 2. The molecule has 0 bridgehead atoms. The fourth-order valence-electron chi connectivity index (χ4n) is 2.06. The van der Waals surface area contributed by atoms with Crippen molar-refractivity contribution in [2.24, 2.45) is 0 Å². The van der Waals surface area contributed by atoms with E-state index >= 15 is 0 Å². The number of carbonyl (C=O) groups excluding carboxylic acids is 2. The standard InChI is InChI=1S/C17H15F3N2O2/c1-10-6-7-12(8-15(10)21-11(2)23)16(24)22-14-5-3-4-13(9-14)17(18,19)20/h3-9H,1-2H3,(H,21,23)(H,22,24). The van der Waals surface area contributed by atoms with Crippen molar-refractivity contribution in [1.29, 1.82) is 0 Å². The van der Waals surface area contributed by atoms with Gasteiger partial charge in [-0.3, -0.25) is 9.59 Å². The average molecular weight is 336 g/mol. The van der Waals surface area contributed by atoms with Gasteiger partial charge in [0.1, 0.15) is 0 Å². The number of carbonyl (C=O) groups is 2. The molecule has 0 atom stereocenters. The van der Waals surface area contributed by atoms with E-state index in [1.165, 1.54) is 31.2 Å². The molecule has 2 aromatic rings. The van der Waals surface area contributed by atoms with Gasteiger partial charge in [0.25, 0.3) is 5.91 Å². The Morgan fingerprint density at radius 1 is 1.00 bits per heavy atom. The summed E-state index contributed by atoms with van der Waals surface area (Å²) in [6, 6.07) is 9.03. The number of alkyl halides is 3. The summed E-state index contributed by atoms with van der Waals surface area (Å²) in [5.41, 5.74) is 0.654. The maximum atomic E-state index is 12.7. The van der Waals surface area contributed by atoms with Gasteiger partial charge >= 0.3 is 6.18 Å². The molecule has 0 saturated carbocycles. The lowest BCUT2D eigenvalue weighted by Crippen LogP contribution is -2.14. The Morgan fingerprint density at radius 3 is 2.33 bits per heavy atom. The first kappa shape index (κ1) is 17.5. The Labute approximate surface area is 136 Å². The molecule has 7 heteroatoms. The van der Waals surface area contributed by atoms with Crippen molar-refractivity contribution in [3.63, 3.8) is 0 Å². The van der Waals surface area contributed by atoms with E-state index in [1.807, 2.05) is 0 Å². The lowest BCUT2D eigenvalue weighted by atomic mass is 10.1. The number of hydrogen-bond acceptors (Lipinski definition) is 2. The van der Waals surface area contributed by atoms with E-state index in [-0.39, 0.29) is 17.2 Å². The van der Waals surface area contributed by atoms with Crippen molar-refractivity contribution in [2.75, 3.05) is 10.6 Å². The van der Waals surface area contributed by atoms with E-state index < -0.39 is 17.6 Å². The van der Waals surface area contributed by atoms with Gasteiger partial charge in [0.15, 0.2) is 0 Å². The minimum Gasteiger partial charge on any atom is -0.326 e. The zero-order valence-corrected chi connectivity index (χ0v) is 13.0. The Balaban J connectivity index is 2.23. The van der Waals surface area contributed by atoms with Gasteiger partial charge in [-0.05, 0) is 42.8 Å². The molecule has 2 aromatic carbocycles. The minimum atomic E-state index is -4.48. The summed E-state index contributed by atoms with van der Waals surface area (Å²) in [6.45, 7) is 3.11. The van der Waals surface area contributed by atoms with Gasteiger partial charge in [0.05, 0.1) is 5.56 Å². The second kappa shape index (κ2) is 6.74. The maximum Gasteiger partial charge on any atom is 0.416 e. The van der Waals surface area contributed by atoms with Gasteiger partial charge < -0.3 is 10.6 Å². The summed E-state index contributed by atoms with van der Waals surface area (Å²) in [7, 11) is 0. The van der Waals surface area contributed by atoms with Crippen LogP contribution in [0.15, 0.2) is 42.5 Å². The Morgan fingerprint density at radius 2 is 1.71 bits per heavy atom. The molecule has 0 saturated heterocycles. The molecule has 4 nitrogen and oxygen atoms in total. The third kappa shape index (κ3) is 4.34. The van der Waals surface area contributed by atoms with Crippen LogP contribution in [-0.2, 0) is 11.0 Å². The summed E-state index contributed by atoms with van der Waals surface area (Å²) in [5.74, 6) is -0.852. The molecule has 0 aliphatic carbocycles. The molecular formula is C17H15F3N2O2. The molecule has 0 aromatic heterocycles. The first-order chi connectivity index (χ1) is 11.2. The van der Waals surface area contributed by atoms with Crippen LogP contribution >= 0.6 is 0 Å². The van der Waals surface area contributed by atoms with Gasteiger partial charge in [0, 0.05) is 23.9 Å². The molecule has 2 rings (SSSR count). The van der Waals surface area contributed by atoms with Crippen molar-refractivity contribution in [3.8, 4) is 0 Å². The van der Waals surface area contributed by atoms with Crippen molar-refractivity contribution < 1.29 is 22.8 Å². The van der Waals surface area contributed by atoms with E-state index in [0.29, 0.717) is 5.69 Å². The average Bonchev–Trinajstić information content (AvgIpc) is 2.48. The van der Waals surface area contributed by atoms with E-state index in [0.717, 1.165) is 17.7 Å². The topological polar surface area (TPSA) is 58.2 Å². The zero-order valence-electron chi connectivity index (χ0n) is 13.0. The number of amides is 2. The predicted octanol–water partition coefficient (Wildman–Crippen LogP) is 4.22. The number of anilines is 2. The van der Waals surface area contributed by atoms with Crippen LogP contribution in [0.25, 0.3) is 0 Å². The normalized spacial score (nSPS) is 11.0. The largest absolute Gasteiger partial charge is 0.416 e. The molecule has 24 heavy (non-hydrogen) atoms. The highest BCUT2D eigenvalue weighted by atomic mass is 19.4. The quantitative estimate of drug-likeness (QED) is 0.881. The summed E-state index contributed by atoms with van der Waals surface area (Å²) in [4.78, 5) is 23.4. The fraction of sp³-hybridized carbons (Fsp3) is 0.176. The number of benzene rings is 2. The van der Waals surface area contributed by atoms with Gasteiger partial charge in [0.2, 0.25) is 5.91 Å². The monoisotopic (exact) mass is 336 g/mol. The van der Waals surface area contributed by atoms with E-state index in [9.17, 15) is 22.8 Å². The lowest BCUT2D eigenvalue weighted by molar-refractivity contribution is -0.137. The van der Waals surface area contributed by atoms with Crippen molar-refractivity contribution in [2.45, 2.75) is 20.0 Å². The molecule has 0 spiro atoms. The van der Waals surface area contributed by atoms with Crippen LogP contribution in [0.1, 0.15) is 28.4 Å². The van der Waals surface area contributed by atoms with E-state index in [1.54, 1.807) is 13.0 Å². The minimum absolute atomic E-state index is 0.0384. The summed E-state index contributed by atoms with van der Waals surface area (Å²) < 4.78 is 38.1. The predicted molar refractivity (Wildman–Crippen MR) is 84.9 cm³/mol. The van der Waals surface area contributed by atoms with E-state index in [2.05, 4.69) is 10.6 Å². The third-order valence-electron chi connectivity index (χ3n) is 3.26. The Bertz CT molecular complexity index is 786. The fourth-order valence-corrected chi connectivity index (χ4v) is 2.06. The molecule has 0 fully saturated rings. The van der Waals surface area contributed by atoms with Crippen LogP contribution in [0.3, 0.4) is 0 Å². The molecule has 0 aliphatic rings. The van der Waals surface area contributed by atoms with Crippen LogP contribution in [0.5, 0.6) is 0 Å². The van der Waals surface area contributed by atoms with Gasteiger partial charge in [-0.1, -0.05) is 12.1 Å². The van der Waals surface area contributed by atoms with Crippen LogP contribution in [0, 0.1) is 6.92 Å². The summed E-state index contributed by atoms with van der Waals surface area (Å²) in [6.07, 6.45) is -4.48.